The highest BCUT2D eigenvalue weighted by Crippen LogP contribution is 2.20. The van der Waals surface area contributed by atoms with Gasteiger partial charge in [0, 0.05) is 17.4 Å². The number of hydrogen-bond acceptors (Lipinski definition) is 3. The molecule has 1 rings (SSSR count). The Kier molecular flexibility index (Phi) is 6.66. The van der Waals surface area contributed by atoms with Gasteiger partial charge < -0.3 is 16.3 Å². The third-order valence-electron chi connectivity index (χ3n) is 2.45. The molecular weight excluding hydrogens is 334 g/mol. The van der Waals surface area contributed by atoms with Gasteiger partial charge in [-0.25, -0.2) is 0 Å². The van der Waals surface area contributed by atoms with Crippen LogP contribution in [0.15, 0.2) is 27.8 Å². The van der Waals surface area contributed by atoms with E-state index in [2.05, 4.69) is 26.4 Å². The minimum atomic E-state index is -0.213. The Morgan fingerprint density at radius 1 is 1.47 bits per heavy atom. The Hall–Kier alpha value is -1.27. The summed E-state index contributed by atoms with van der Waals surface area (Å²) in [6.07, 6.45) is 1.99. The maximum Gasteiger partial charge on any atom is 0.252 e. The third kappa shape index (κ3) is 5.48. The van der Waals surface area contributed by atoms with Crippen molar-refractivity contribution in [2.75, 3.05) is 6.54 Å². The number of unbranched alkanes of at least 4 members (excludes halogenated alkanes) is 1. The number of hydrogen-bond donors (Lipinski definition) is 3. The van der Waals surface area contributed by atoms with Crippen molar-refractivity contribution in [3.8, 4) is 0 Å². The molecule has 5 nitrogen and oxygen atoms in total. The number of nitrogens with one attached hydrogen (secondary N) is 1. The summed E-state index contributed by atoms with van der Waals surface area (Å²) in [5.41, 5.74) is 5.77. The first-order chi connectivity index (χ1) is 9.04. The van der Waals surface area contributed by atoms with Gasteiger partial charge in [0.1, 0.15) is 5.84 Å². The molecule has 0 spiro atoms. The number of amides is 1. The van der Waals surface area contributed by atoms with E-state index >= 15 is 0 Å². The molecule has 4 N–H and O–H groups in total. The molecule has 1 amide bonds. The van der Waals surface area contributed by atoms with Crippen molar-refractivity contribution in [2.24, 2.45) is 10.9 Å². The number of rotatable bonds is 6. The largest absolute Gasteiger partial charge is 0.409 e. The van der Waals surface area contributed by atoms with Gasteiger partial charge >= 0.3 is 0 Å². The molecule has 1 aromatic rings. The van der Waals surface area contributed by atoms with Crippen molar-refractivity contribution in [3.05, 3.63) is 33.3 Å². The molecule has 104 valence electrons. The fraction of sp³-hybridized carbons (Fsp3) is 0.333. The Balaban J connectivity index is 2.37. The number of carbonyl (C=O) groups excluding carboxylic acids is 1. The van der Waals surface area contributed by atoms with E-state index in [4.69, 9.17) is 22.5 Å². The average molecular weight is 349 g/mol. The number of carbonyl (C=O) groups is 1. The van der Waals surface area contributed by atoms with Crippen molar-refractivity contribution in [1.82, 2.24) is 5.32 Å². The summed E-state index contributed by atoms with van der Waals surface area (Å²) >= 11 is 9.24. The van der Waals surface area contributed by atoms with Gasteiger partial charge in [-0.1, -0.05) is 32.7 Å². The number of halogens is 2. The first kappa shape index (κ1) is 15.8. The fourth-order valence-electron chi connectivity index (χ4n) is 1.45. The SMILES string of the molecule is NC(CCCCNC(=O)c1cc(Br)ccc1Cl)=NO. The molecule has 0 fully saturated rings. The number of benzene rings is 1. The first-order valence-electron chi connectivity index (χ1n) is 5.74. The lowest BCUT2D eigenvalue weighted by Crippen LogP contribution is -2.25. The van der Waals surface area contributed by atoms with Crippen molar-refractivity contribution in [1.29, 1.82) is 0 Å². The molecule has 19 heavy (non-hydrogen) atoms. The zero-order chi connectivity index (χ0) is 14.3. The lowest BCUT2D eigenvalue weighted by Gasteiger charge is -2.07. The standard InChI is InChI=1S/C12H15BrClN3O2/c13-8-4-5-10(14)9(7-8)12(18)16-6-2-1-3-11(15)17-19/h4-5,7,19H,1-3,6H2,(H2,15,17)(H,16,18). The first-order valence-corrected chi connectivity index (χ1v) is 6.91. The molecule has 7 heteroatoms. The van der Waals surface area contributed by atoms with Gasteiger partial charge in [-0.2, -0.15) is 0 Å². The van der Waals surface area contributed by atoms with Crippen LogP contribution < -0.4 is 11.1 Å². The maximum absolute atomic E-state index is 11.9. The van der Waals surface area contributed by atoms with Crippen LogP contribution in [0.1, 0.15) is 29.6 Å². The maximum atomic E-state index is 11.9. The van der Waals surface area contributed by atoms with Crippen molar-refractivity contribution in [3.63, 3.8) is 0 Å². The van der Waals surface area contributed by atoms with Crippen molar-refractivity contribution >= 4 is 39.3 Å². The van der Waals surface area contributed by atoms with E-state index in [9.17, 15) is 4.79 Å². The van der Waals surface area contributed by atoms with E-state index in [-0.39, 0.29) is 11.7 Å². The van der Waals surface area contributed by atoms with Crippen LogP contribution in [0, 0.1) is 0 Å². The molecule has 0 atom stereocenters. The minimum absolute atomic E-state index is 0.196. The van der Waals surface area contributed by atoms with Crippen LogP contribution in [-0.4, -0.2) is 23.5 Å². The summed E-state index contributed by atoms with van der Waals surface area (Å²) in [5.74, 6) is -0.0172. The quantitative estimate of drug-likeness (QED) is 0.243. The van der Waals surface area contributed by atoms with Gasteiger partial charge in [0.15, 0.2) is 0 Å². The summed E-state index contributed by atoms with van der Waals surface area (Å²) in [5, 5.41) is 14.4. The van der Waals surface area contributed by atoms with E-state index < -0.39 is 0 Å². The zero-order valence-corrected chi connectivity index (χ0v) is 12.5. The van der Waals surface area contributed by atoms with Crippen LogP contribution in [-0.2, 0) is 0 Å². The molecule has 0 saturated carbocycles. The van der Waals surface area contributed by atoms with E-state index in [1.54, 1.807) is 18.2 Å². The Morgan fingerprint density at radius 2 is 2.21 bits per heavy atom. The highest BCUT2D eigenvalue weighted by molar-refractivity contribution is 9.10. The van der Waals surface area contributed by atoms with Crippen LogP contribution in [0.25, 0.3) is 0 Å². The monoisotopic (exact) mass is 347 g/mol. The average Bonchev–Trinajstić information content (AvgIpc) is 2.40. The number of nitrogens with zero attached hydrogens (tertiary/aromatic N) is 1. The topological polar surface area (TPSA) is 87.7 Å². The summed E-state index contributed by atoms with van der Waals surface area (Å²) in [7, 11) is 0. The van der Waals surface area contributed by atoms with Gasteiger partial charge in [0.25, 0.3) is 5.91 Å². The Morgan fingerprint density at radius 3 is 2.89 bits per heavy atom. The van der Waals surface area contributed by atoms with Gasteiger partial charge in [-0.15, -0.1) is 0 Å². The van der Waals surface area contributed by atoms with E-state index in [0.29, 0.717) is 23.6 Å². The highest BCUT2D eigenvalue weighted by Gasteiger charge is 2.09. The van der Waals surface area contributed by atoms with Gasteiger partial charge in [0.2, 0.25) is 0 Å². The van der Waals surface area contributed by atoms with E-state index in [1.165, 1.54) is 0 Å². The van der Waals surface area contributed by atoms with Gasteiger partial charge in [-0.3, -0.25) is 4.79 Å². The van der Waals surface area contributed by atoms with E-state index in [1.807, 2.05) is 0 Å². The second kappa shape index (κ2) is 8.01. The van der Waals surface area contributed by atoms with Crippen LogP contribution in [0.5, 0.6) is 0 Å². The van der Waals surface area contributed by atoms with Crippen molar-refractivity contribution in [2.45, 2.75) is 19.3 Å². The number of oxime groups is 1. The number of amidine groups is 1. The molecule has 0 saturated heterocycles. The molecule has 0 radical (unpaired) electrons. The second-order valence-electron chi connectivity index (χ2n) is 3.93. The molecular formula is C12H15BrClN3O2. The predicted octanol–water partition coefficient (Wildman–Crippen LogP) is 2.75. The molecule has 0 aliphatic carbocycles. The van der Waals surface area contributed by atoms with Crippen LogP contribution in [0.2, 0.25) is 5.02 Å². The normalized spacial score (nSPS) is 11.4. The summed E-state index contributed by atoms with van der Waals surface area (Å²) in [6.45, 7) is 0.514. The van der Waals surface area contributed by atoms with E-state index in [0.717, 1.165) is 17.3 Å². The fourth-order valence-corrected chi connectivity index (χ4v) is 2.01. The minimum Gasteiger partial charge on any atom is -0.409 e. The lowest BCUT2D eigenvalue weighted by atomic mass is 10.2. The smallest absolute Gasteiger partial charge is 0.252 e. The molecule has 0 unspecified atom stereocenters. The molecule has 0 aliphatic heterocycles. The lowest BCUT2D eigenvalue weighted by molar-refractivity contribution is 0.0953. The molecule has 1 aromatic carbocycles. The highest BCUT2D eigenvalue weighted by atomic mass is 79.9. The third-order valence-corrected chi connectivity index (χ3v) is 3.27. The number of nitrogens with two attached hydrogens (primary N) is 1. The van der Waals surface area contributed by atoms with Crippen LogP contribution >= 0.6 is 27.5 Å². The predicted molar refractivity (Wildman–Crippen MR) is 78.7 cm³/mol. The second-order valence-corrected chi connectivity index (χ2v) is 5.25. The zero-order valence-electron chi connectivity index (χ0n) is 10.2. The Bertz CT molecular complexity index is 480. The van der Waals surface area contributed by atoms with Crippen molar-refractivity contribution < 1.29 is 10.0 Å². The molecule has 0 aromatic heterocycles. The van der Waals surface area contributed by atoms with Crippen LogP contribution in [0.3, 0.4) is 0 Å². The van der Waals surface area contributed by atoms with Gasteiger partial charge in [-0.05, 0) is 31.0 Å². The summed E-state index contributed by atoms with van der Waals surface area (Å²) in [4.78, 5) is 11.9. The molecule has 0 bridgehead atoms. The molecule has 0 aliphatic rings. The summed E-state index contributed by atoms with van der Waals surface area (Å²) in [6, 6.07) is 5.11. The van der Waals surface area contributed by atoms with Gasteiger partial charge in [0.05, 0.1) is 10.6 Å². The Labute approximate surface area is 124 Å². The summed E-state index contributed by atoms with van der Waals surface area (Å²) < 4.78 is 0.800. The van der Waals surface area contributed by atoms with Crippen LogP contribution in [0.4, 0.5) is 0 Å². The molecule has 0 heterocycles.